The van der Waals surface area contributed by atoms with E-state index in [-0.39, 0.29) is 5.56 Å². The van der Waals surface area contributed by atoms with Crippen LogP contribution in [-0.4, -0.2) is 9.78 Å². The van der Waals surface area contributed by atoms with Gasteiger partial charge in [0.15, 0.2) is 0 Å². The predicted molar refractivity (Wildman–Crippen MR) is 42.2 cm³/mol. The Balaban J connectivity index is 3.50. The van der Waals surface area contributed by atoms with E-state index in [0.29, 0.717) is 9.50 Å². The first-order chi connectivity index (χ1) is 4.63. The molecule has 0 unspecified atom stereocenters. The molecule has 0 atom stereocenters. The zero-order valence-electron chi connectivity index (χ0n) is 5.14. The topological polar surface area (TPSA) is 34.9 Å². The van der Waals surface area contributed by atoms with E-state index in [0.717, 1.165) is 0 Å². The van der Waals surface area contributed by atoms with Crippen LogP contribution in [0.3, 0.4) is 0 Å². The minimum Gasteiger partial charge on any atom is -0.266 e. The Morgan fingerprint density at radius 1 is 1.80 bits per heavy atom. The highest BCUT2D eigenvalue weighted by Gasteiger charge is 2.02. The average Bonchev–Trinajstić information content (AvgIpc) is 1.93. The highest BCUT2D eigenvalue weighted by molar-refractivity contribution is 9.10. The van der Waals surface area contributed by atoms with E-state index in [2.05, 4.69) is 21.0 Å². The number of aromatic nitrogens is 2. The molecule has 1 aromatic rings. The minimum absolute atomic E-state index is 0.229. The van der Waals surface area contributed by atoms with Gasteiger partial charge in [-0.1, -0.05) is 11.6 Å². The van der Waals surface area contributed by atoms with E-state index in [1.807, 2.05) is 0 Å². The number of rotatable bonds is 0. The van der Waals surface area contributed by atoms with E-state index in [4.69, 9.17) is 11.6 Å². The van der Waals surface area contributed by atoms with Crippen LogP contribution in [0, 0.1) is 0 Å². The second-order valence-corrected chi connectivity index (χ2v) is 2.94. The monoisotopic (exact) mass is 222 g/mol. The number of aryl methyl sites for hydroxylation is 1. The second-order valence-electron chi connectivity index (χ2n) is 1.74. The van der Waals surface area contributed by atoms with Gasteiger partial charge in [-0.15, -0.1) is 0 Å². The predicted octanol–water partition coefficient (Wildman–Crippen LogP) is 1.20. The van der Waals surface area contributed by atoms with Crippen LogP contribution in [0.5, 0.6) is 0 Å². The fraction of sp³-hybridized carbons (Fsp3) is 0.200. The SMILES string of the molecule is Cn1ncc(Cl)c(Br)c1=O. The normalized spacial score (nSPS) is 9.90. The molecule has 1 aromatic heterocycles. The van der Waals surface area contributed by atoms with Gasteiger partial charge in [-0.3, -0.25) is 4.79 Å². The lowest BCUT2D eigenvalue weighted by molar-refractivity contribution is 0.702. The smallest absolute Gasteiger partial charge is 0.266 e. The molecular weight excluding hydrogens is 219 g/mol. The molecule has 0 N–H and O–H groups in total. The highest BCUT2D eigenvalue weighted by atomic mass is 79.9. The lowest BCUT2D eigenvalue weighted by Gasteiger charge is -1.96. The molecule has 0 fully saturated rings. The van der Waals surface area contributed by atoms with Gasteiger partial charge in [-0.05, 0) is 15.9 Å². The Morgan fingerprint density at radius 3 is 2.90 bits per heavy atom. The van der Waals surface area contributed by atoms with Crippen molar-refractivity contribution in [3.63, 3.8) is 0 Å². The van der Waals surface area contributed by atoms with Gasteiger partial charge >= 0.3 is 0 Å². The van der Waals surface area contributed by atoms with Gasteiger partial charge in [0.2, 0.25) is 0 Å². The van der Waals surface area contributed by atoms with Crippen molar-refractivity contribution >= 4 is 27.5 Å². The van der Waals surface area contributed by atoms with Crippen LogP contribution in [0.1, 0.15) is 0 Å². The molecule has 0 aliphatic carbocycles. The first-order valence-electron chi connectivity index (χ1n) is 2.50. The first-order valence-corrected chi connectivity index (χ1v) is 3.67. The van der Waals surface area contributed by atoms with Crippen LogP contribution in [0.25, 0.3) is 0 Å². The van der Waals surface area contributed by atoms with Crippen molar-refractivity contribution in [3.05, 3.63) is 26.0 Å². The molecule has 0 saturated carbocycles. The lowest BCUT2D eigenvalue weighted by Crippen LogP contribution is -2.19. The molecule has 3 nitrogen and oxygen atoms in total. The molecule has 0 amide bonds. The Morgan fingerprint density at radius 2 is 2.40 bits per heavy atom. The number of hydrogen-bond donors (Lipinski definition) is 0. The first kappa shape index (κ1) is 7.75. The van der Waals surface area contributed by atoms with Crippen LogP contribution >= 0.6 is 27.5 Å². The van der Waals surface area contributed by atoms with Crippen LogP contribution in [0.2, 0.25) is 5.02 Å². The van der Waals surface area contributed by atoms with Gasteiger partial charge in [0.25, 0.3) is 5.56 Å². The second kappa shape index (κ2) is 2.72. The molecule has 0 spiro atoms. The number of halogens is 2. The van der Waals surface area contributed by atoms with Gasteiger partial charge in [0.1, 0.15) is 4.47 Å². The molecule has 0 aromatic carbocycles. The number of hydrogen-bond acceptors (Lipinski definition) is 2. The average molecular weight is 223 g/mol. The van der Waals surface area contributed by atoms with Crippen molar-refractivity contribution in [2.24, 2.45) is 7.05 Å². The van der Waals surface area contributed by atoms with E-state index in [1.165, 1.54) is 10.9 Å². The maximum absolute atomic E-state index is 11.0. The van der Waals surface area contributed by atoms with Crippen molar-refractivity contribution < 1.29 is 0 Å². The lowest BCUT2D eigenvalue weighted by atomic mass is 10.6. The molecule has 5 heteroatoms. The summed E-state index contributed by atoms with van der Waals surface area (Å²) in [5, 5.41) is 4.02. The summed E-state index contributed by atoms with van der Waals surface area (Å²) in [4.78, 5) is 11.0. The quantitative estimate of drug-likeness (QED) is 0.662. The maximum atomic E-state index is 11.0. The van der Waals surface area contributed by atoms with Crippen molar-refractivity contribution in [1.82, 2.24) is 9.78 Å². The molecular formula is C5H4BrClN2O. The molecule has 0 aliphatic rings. The standard InChI is InChI=1S/C5H4BrClN2O/c1-9-5(10)4(6)3(7)2-8-9/h2H,1H3. The van der Waals surface area contributed by atoms with E-state index in [1.54, 1.807) is 7.05 Å². The fourth-order valence-corrected chi connectivity index (χ4v) is 0.974. The maximum Gasteiger partial charge on any atom is 0.282 e. The Labute approximate surface area is 70.7 Å². The van der Waals surface area contributed by atoms with Gasteiger partial charge < -0.3 is 0 Å². The van der Waals surface area contributed by atoms with E-state index in [9.17, 15) is 4.79 Å². The van der Waals surface area contributed by atoms with Crippen molar-refractivity contribution in [2.75, 3.05) is 0 Å². The van der Waals surface area contributed by atoms with Gasteiger partial charge in [0.05, 0.1) is 11.2 Å². The third-order valence-corrected chi connectivity index (χ3v) is 2.32. The largest absolute Gasteiger partial charge is 0.282 e. The van der Waals surface area contributed by atoms with E-state index < -0.39 is 0 Å². The highest BCUT2D eigenvalue weighted by Crippen LogP contribution is 2.14. The van der Waals surface area contributed by atoms with Crippen molar-refractivity contribution in [1.29, 1.82) is 0 Å². The van der Waals surface area contributed by atoms with Gasteiger partial charge in [0, 0.05) is 7.05 Å². The van der Waals surface area contributed by atoms with Gasteiger partial charge in [-0.25, -0.2) is 4.68 Å². The molecule has 0 aliphatic heterocycles. The third-order valence-electron chi connectivity index (χ3n) is 1.04. The molecule has 0 bridgehead atoms. The Kier molecular flexibility index (Phi) is 2.11. The summed E-state index contributed by atoms with van der Waals surface area (Å²) < 4.78 is 1.56. The fourth-order valence-electron chi connectivity index (χ4n) is 0.491. The summed E-state index contributed by atoms with van der Waals surface area (Å²) in [6.07, 6.45) is 1.41. The van der Waals surface area contributed by atoms with E-state index >= 15 is 0 Å². The van der Waals surface area contributed by atoms with Gasteiger partial charge in [-0.2, -0.15) is 5.10 Å². The zero-order valence-corrected chi connectivity index (χ0v) is 7.48. The molecule has 0 saturated heterocycles. The Bertz CT molecular complexity index is 309. The van der Waals surface area contributed by atoms with Crippen LogP contribution in [0.15, 0.2) is 15.5 Å². The summed E-state index contributed by atoms with van der Waals surface area (Å²) in [5.41, 5.74) is -0.229. The molecule has 54 valence electrons. The Hall–Kier alpha value is -0.350. The summed E-state index contributed by atoms with van der Waals surface area (Å²) in [7, 11) is 1.56. The van der Waals surface area contributed by atoms with Crippen molar-refractivity contribution in [3.8, 4) is 0 Å². The van der Waals surface area contributed by atoms with Crippen LogP contribution < -0.4 is 5.56 Å². The molecule has 1 rings (SSSR count). The summed E-state index contributed by atoms with van der Waals surface area (Å²) in [5.74, 6) is 0. The molecule has 0 radical (unpaired) electrons. The van der Waals surface area contributed by atoms with Crippen molar-refractivity contribution in [2.45, 2.75) is 0 Å². The number of nitrogens with zero attached hydrogens (tertiary/aromatic N) is 2. The van der Waals surface area contributed by atoms with Crippen LogP contribution in [-0.2, 0) is 7.05 Å². The third kappa shape index (κ3) is 1.22. The zero-order chi connectivity index (χ0) is 7.72. The summed E-state index contributed by atoms with van der Waals surface area (Å²) in [6.45, 7) is 0. The minimum atomic E-state index is -0.229. The summed E-state index contributed by atoms with van der Waals surface area (Å²) >= 11 is 8.59. The molecule has 10 heavy (non-hydrogen) atoms. The molecule has 1 heterocycles. The van der Waals surface area contributed by atoms with Crippen LogP contribution in [0.4, 0.5) is 0 Å². The summed E-state index contributed by atoms with van der Waals surface area (Å²) in [6, 6.07) is 0.